The summed E-state index contributed by atoms with van der Waals surface area (Å²) in [6.07, 6.45) is 42.6. The molecule has 9 heteroatoms. The summed E-state index contributed by atoms with van der Waals surface area (Å²) in [5.74, 6) is -0.0145. The summed E-state index contributed by atoms with van der Waals surface area (Å²) in [5, 5.41) is 0. The number of esters is 2. The molecule has 0 fully saturated rings. The average molecular weight is 789 g/mol. The number of carbonyl (C=O) groups excluding carboxylic acids is 2. The summed E-state index contributed by atoms with van der Waals surface area (Å²) >= 11 is 0. The van der Waals surface area contributed by atoms with E-state index < -0.39 is 32.5 Å². The average Bonchev–Trinajstić information content (AvgIpc) is 3.13. The van der Waals surface area contributed by atoms with Gasteiger partial charge in [0, 0.05) is 12.8 Å². The van der Waals surface area contributed by atoms with Gasteiger partial charge in [-0.3, -0.25) is 14.1 Å². The molecule has 0 aliphatic carbocycles. The van der Waals surface area contributed by atoms with E-state index in [1.165, 1.54) is 180 Å². The van der Waals surface area contributed by atoms with Crippen LogP contribution in [0, 0.1) is 5.92 Å². The van der Waals surface area contributed by atoms with E-state index in [1.54, 1.807) is 0 Å². The van der Waals surface area contributed by atoms with Crippen LogP contribution in [-0.4, -0.2) is 41.0 Å². The van der Waals surface area contributed by atoms with Crippen molar-refractivity contribution >= 4 is 19.8 Å². The van der Waals surface area contributed by atoms with E-state index in [9.17, 15) is 14.2 Å². The fourth-order valence-corrected chi connectivity index (χ4v) is 7.45. The molecule has 0 amide bonds. The van der Waals surface area contributed by atoms with Crippen LogP contribution in [0.1, 0.15) is 252 Å². The number of phosphoric ester groups is 1. The minimum absolute atomic E-state index is 0.220. The van der Waals surface area contributed by atoms with E-state index >= 15 is 0 Å². The normalized spacial score (nSPS) is 12.4. The van der Waals surface area contributed by atoms with Crippen LogP contribution in [0.15, 0.2) is 0 Å². The standard InChI is InChI=1S/C45H89O8P/c1-4-5-6-7-8-9-10-11-16-21-24-27-30-33-36-39-45(47)53-43(41-52-54(48,49)50)40-51-44(46)38-35-32-29-26-23-20-18-15-13-12-14-17-19-22-25-28-31-34-37-42(2)3/h42-43H,4-41H2,1-3H3,(H2,48,49,50)/t43-/m1/s1. The van der Waals surface area contributed by atoms with Gasteiger partial charge in [-0.25, -0.2) is 4.57 Å². The first kappa shape index (κ1) is 53.0. The lowest BCUT2D eigenvalue weighted by Gasteiger charge is -2.18. The van der Waals surface area contributed by atoms with Crippen LogP contribution in [0.25, 0.3) is 0 Å². The lowest BCUT2D eigenvalue weighted by atomic mass is 10.0. The lowest BCUT2D eigenvalue weighted by Crippen LogP contribution is -2.29. The molecule has 0 unspecified atom stereocenters. The Hall–Kier alpha value is -0.950. The number of phosphoric acid groups is 1. The highest BCUT2D eigenvalue weighted by atomic mass is 31.2. The predicted octanol–water partition coefficient (Wildman–Crippen LogP) is 14.3. The van der Waals surface area contributed by atoms with Crippen LogP contribution < -0.4 is 0 Å². The molecule has 0 heterocycles. The van der Waals surface area contributed by atoms with Gasteiger partial charge in [0.1, 0.15) is 6.61 Å². The smallest absolute Gasteiger partial charge is 0.462 e. The molecule has 0 rings (SSSR count). The Balaban J connectivity index is 3.79. The van der Waals surface area contributed by atoms with Crippen molar-refractivity contribution in [3.05, 3.63) is 0 Å². The summed E-state index contributed by atoms with van der Waals surface area (Å²) < 4.78 is 26.5. The maximum absolute atomic E-state index is 12.4. The molecule has 0 saturated heterocycles. The molecule has 2 N–H and O–H groups in total. The Morgan fingerprint density at radius 1 is 0.463 bits per heavy atom. The van der Waals surface area contributed by atoms with E-state index in [-0.39, 0.29) is 19.4 Å². The van der Waals surface area contributed by atoms with Gasteiger partial charge in [-0.2, -0.15) is 0 Å². The molecule has 322 valence electrons. The molecule has 0 radical (unpaired) electrons. The fraction of sp³-hybridized carbons (Fsp3) is 0.956. The van der Waals surface area contributed by atoms with Crippen molar-refractivity contribution in [2.75, 3.05) is 13.2 Å². The first-order valence-electron chi connectivity index (χ1n) is 23.2. The second-order valence-electron chi connectivity index (χ2n) is 16.6. The van der Waals surface area contributed by atoms with Crippen molar-refractivity contribution in [3.8, 4) is 0 Å². The first-order chi connectivity index (χ1) is 26.1. The molecule has 0 bridgehead atoms. The van der Waals surface area contributed by atoms with Crippen molar-refractivity contribution in [2.24, 2.45) is 5.92 Å². The molecule has 54 heavy (non-hydrogen) atoms. The van der Waals surface area contributed by atoms with Crippen molar-refractivity contribution in [2.45, 2.75) is 258 Å². The van der Waals surface area contributed by atoms with E-state index in [1.807, 2.05) is 0 Å². The molecule has 8 nitrogen and oxygen atoms in total. The Kier molecular flexibility index (Phi) is 39.5. The van der Waals surface area contributed by atoms with Gasteiger partial charge in [0.2, 0.25) is 0 Å². The molecule has 0 aliphatic rings. The maximum atomic E-state index is 12.4. The number of unbranched alkanes of at least 4 members (excludes halogenated alkanes) is 31. The first-order valence-corrected chi connectivity index (χ1v) is 24.7. The van der Waals surface area contributed by atoms with Crippen molar-refractivity contribution in [1.29, 1.82) is 0 Å². The lowest BCUT2D eigenvalue weighted by molar-refractivity contribution is -0.161. The number of rotatable bonds is 43. The third kappa shape index (κ3) is 43.8. The SMILES string of the molecule is CCCCCCCCCCCCCCCCCC(=O)O[C@H](COC(=O)CCCCCCCCCCCCCCCCCCCCC(C)C)COP(=O)(O)O. The fourth-order valence-electron chi connectivity index (χ4n) is 7.09. The zero-order chi connectivity index (χ0) is 39.8. The van der Waals surface area contributed by atoms with E-state index in [0.29, 0.717) is 6.42 Å². The van der Waals surface area contributed by atoms with Gasteiger partial charge in [0.15, 0.2) is 6.10 Å². The van der Waals surface area contributed by atoms with E-state index in [0.717, 1.165) is 38.0 Å². The minimum Gasteiger partial charge on any atom is -0.462 e. The monoisotopic (exact) mass is 789 g/mol. The van der Waals surface area contributed by atoms with Crippen LogP contribution in [0.3, 0.4) is 0 Å². The summed E-state index contributed by atoms with van der Waals surface area (Å²) in [6, 6.07) is 0. The molecule has 0 aliphatic heterocycles. The topological polar surface area (TPSA) is 119 Å². The second kappa shape index (κ2) is 40.3. The van der Waals surface area contributed by atoms with Gasteiger partial charge in [-0.15, -0.1) is 0 Å². The molecule has 0 saturated carbocycles. The van der Waals surface area contributed by atoms with Crippen LogP contribution in [-0.2, 0) is 28.2 Å². The quantitative estimate of drug-likeness (QED) is 0.0356. The predicted molar refractivity (Wildman–Crippen MR) is 226 cm³/mol. The summed E-state index contributed by atoms with van der Waals surface area (Å²) in [5.41, 5.74) is 0. The maximum Gasteiger partial charge on any atom is 0.469 e. The Bertz CT molecular complexity index is 861. The number of carbonyl (C=O) groups is 2. The third-order valence-corrected chi connectivity index (χ3v) is 11.0. The summed E-state index contributed by atoms with van der Waals surface area (Å²) in [4.78, 5) is 42.9. The van der Waals surface area contributed by atoms with Crippen LogP contribution >= 0.6 is 7.82 Å². The number of ether oxygens (including phenoxy) is 2. The van der Waals surface area contributed by atoms with Crippen LogP contribution in [0.4, 0.5) is 0 Å². The number of hydrogen-bond donors (Lipinski definition) is 2. The van der Waals surface area contributed by atoms with Gasteiger partial charge in [-0.05, 0) is 18.8 Å². The minimum atomic E-state index is -4.75. The van der Waals surface area contributed by atoms with Gasteiger partial charge in [-0.1, -0.05) is 226 Å². The third-order valence-electron chi connectivity index (χ3n) is 10.6. The van der Waals surface area contributed by atoms with Crippen molar-refractivity contribution in [1.82, 2.24) is 0 Å². The van der Waals surface area contributed by atoms with Crippen LogP contribution in [0.2, 0.25) is 0 Å². The molecule has 0 aromatic carbocycles. The van der Waals surface area contributed by atoms with E-state index in [4.69, 9.17) is 19.3 Å². The Morgan fingerprint density at radius 3 is 1.11 bits per heavy atom. The molecule has 0 aromatic heterocycles. The molecule has 0 spiro atoms. The molecule has 0 aromatic rings. The van der Waals surface area contributed by atoms with Gasteiger partial charge < -0.3 is 19.3 Å². The zero-order valence-electron chi connectivity index (χ0n) is 35.8. The highest BCUT2D eigenvalue weighted by Gasteiger charge is 2.23. The highest BCUT2D eigenvalue weighted by Crippen LogP contribution is 2.36. The zero-order valence-corrected chi connectivity index (χ0v) is 36.7. The highest BCUT2D eigenvalue weighted by molar-refractivity contribution is 7.46. The van der Waals surface area contributed by atoms with Crippen molar-refractivity contribution in [3.63, 3.8) is 0 Å². The summed E-state index contributed by atoms with van der Waals surface area (Å²) in [7, 11) is -4.75. The largest absolute Gasteiger partial charge is 0.469 e. The Labute approximate surface area is 334 Å². The molecule has 1 atom stereocenters. The van der Waals surface area contributed by atoms with Gasteiger partial charge in [0.25, 0.3) is 0 Å². The molecular weight excluding hydrogens is 699 g/mol. The van der Waals surface area contributed by atoms with E-state index in [2.05, 4.69) is 25.3 Å². The summed E-state index contributed by atoms with van der Waals surface area (Å²) in [6.45, 7) is 6.09. The number of hydrogen-bond acceptors (Lipinski definition) is 6. The molecular formula is C45H89O8P. The van der Waals surface area contributed by atoms with Gasteiger partial charge >= 0.3 is 19.8 Å². The Morgan fingerprint density at radius 2 is 0.778 bits per heavy atom. The van der Waals surface area contributed by atoms with Gasteiger partial charge in [0.05, 0.1) is 6.61 Å². The van der Waals surface area contributed by atoms with Crippen LogP contribution in [0.5, 0.6) is 0 Å². The van der Waals surface area contributed by atoms with Crippen molar-refractivity contribution < 1.29 is 37.9 Å². The second-order valence-corrected chi connectivity index (χ2v) is 17.8.